The van der Waals surface area contributed by atoms with Gasteiger partial charge in [-0.2, -0.15) is 0 Å². The summed E-state index contributed by atoms with van der Waals surface area (Å²) >= 11 is 1.74. The number of thiophene rings is 1. The Morgan fingerprint density at radius 3 is 2.39 bits per heavy atom. The lowest BCUT2D eigenvalue weighted by Crippen LogP contribution is -2.48. The molecule has 0 radical (unpaired) electrons. The first-order valence-electron chi connectivity index (χ1n) is 13.4. The Labute approximate surface area is 229 Å². The Bertz CT molecular complexity index is 1250. The van der Waals surface area contributed by atoms with Crippen LogP contribution in [0.15, 0.2) is 60.0 Å². The van der Waals surface area contributed by atoms with E-state index in [1.807, 2.05) is 17.0 Å². The second kappa shape index (κ2) is 11.6. The average molecular weight is 533 g/mol. The standard InChI is InChI=1S/C31H36N2O4S/c1-21(2)23-6-12-26(13-7-23)37-20-28-27-15-17-38-29(27)14-16-33(28)30(34)19-32(18-22-4-5-22)31(35)24-8-10-25(36-3)11-9-24/h6-13,15,17,21-22,28H,4-5,14,16,18-20H2,1-3H3/t28-/m1/s1. The quantitative estimate of drug-likeness (QED) is 0.324. The molecule has 0 saturated heterocycles. The molecule has 7 heteroatoms. The topological polar surface area (TPSA) is 59.1 Å². The third kappa shape index (κ3) is 6.04. The normalized spacial score (nSPS) is 16.7. The summed E-state index contributed by atoms with van der Waals surface area (Å²) in [5, 5.41) is 2.09. The van der Waals surface area contributed by atoms with Gasteiger partial charge >= 0.3 is 0 Å². The van der Waals surface area contributed by atoms with Crippen LogP contribution in [0.1, 0.15) is 65.0 Å². The average Bonchev–Trinajstić information content (AvgIpc) is 3.63. The van der Waals surface area contributed by atoms with Crippen LogP contribution in [0.25, 0.3) is 0 Å². The smallest absolute Gasteiger partial charge is 0.254 e. The number of methoxy groups -OCH3 is 1. The molecule has 3 aromatic rings. The molecule has 38 heavy (non-hydrogen) atoms. The first-order chi connectivity index (χ1) is 18.4. The summed E-state index contributed by atoms with van der Waals surface area (Å²) in [7, 11) is 1.60. The highest BCUT2D eigenvalue weighted by molar-refractivity contribution is 7.10. The van der Waals surface area contributed by atoms with E-state index >= 15 is 0 Å². The van der Waals surface area contributed by atoms with E-state index in [4.69, 9.17) is 9.47 Å². The van der Waals surface area contributed by atoms with E-state index < -0.39 is 0 Å². The van der Waals surface area contributed by atoms with E-state index in [1.165, 1.54) is 10.4 Å². The zero-order chi connectivity index (χ0) is 26.6. The number of carbonyl (C=O) groups is 2. The van der Waals surface area contributed by atoms with E-state index in [0.29, 0.717) is 42.8 Å². The highest BCUT2D eigenvalue weighted by atomic mass is 32.1. The Morgan fingerprint density at radius 1 is 1.03 bits per heavy atom. The molecule has 6 nitrogen and oxygen atoms in total. The number of amides is 2. The van der Waals surface area contributed by atoms with Gasteiger partial charge in [-0.1, -0.05) is 26.0 Å². The van der Waals surface area contributed by atoms with Crippen LogP contribution >= 0.6 is 11.3 Å². The van der Waals surface area contributed by atoms with Gasteiger partial charge in [0, 0.05) is 23.5 Å². The van der Waals surface area contributed by atoms with Gasteiger partial charge in [0.1, 0.15) is 24.7 Å². The number of ether oxygens (including phenoxy) is 2. The van der Waals surface area contributed by atoms with Gasteiger partial charge in [-0.25, -0.2) is 0 Å². The maximum Gasteiger partial charge on any atom is 0.254 e. The molecule has 2 aliphatic rings. The lowest BCUT2D eigenvalue weighted by molar-refractivity contribution is -0.135. The number of rotatable bonds is 10. The zero-order valence-corrected chi connectivity index (χ0v) is 23.2. The molecular formula is C31H36N2O4S. The maximum atomic E-state index is 13.8. The molecule has 200 valence electrons. The molecule has 5 rings (SSSR count). The van der Waals surface area contributed by atoms with Crippen molar-refractivity contribution in [3.8, 4) is 11.5 Å². The highest BCUT2D eigenvalue weighted by Gasteiger charge is 2.35. The van der Waals surface area contributed by atoms with Crippen LogP contribution < -0.4 is 9.47 Å². The molecule has 1 saturated carbocycles. The Kier molecular flexibility index (Phi) is 8.03. The van der Waals surface area contributed by atoms with E-state index in [0.717, 1.165) is 30.6 Å². The second-order valence-corrected chi connectivity index (χ2v) is 11.5. The molecular weight excluding hydrogens is 496 g/mol. The zero-order valence-electron chi connectivity index (χ0n) is 22.4. The van der Waals surface area contributed by atoms with E-state index in [2.05, 4.69) is 37.4 Å². The van der Waals surface area contributed by atoms with Crippen molar-refractivity contribution in [3.05, 3.63) is 81.5 Å². The summed E-state index contributed by atoms with van der Waals surface area (Å²) in [6.45, 7) is 6.03. The first kappa shape index (κ1) is 26.3. The molecule has 0 bridgehead atoms. The molecule has 2 heterocycles. The lowest BCUT2D eigenvalue weighted by Gasteiger charge is -2.37. The summed E-state index contributed by atoms with van der Waals surface area (Å²) < 4.78 is 11.5. The van der Waals surface area contributed by atoms with Gasteiger partial charge in [0.15, 0.2) is 0 Å². The van der Waals surface area contributed by atoms with Crippen molar-refractivity contribution in [1.82, 2.24) is 9.80 Å². The van der Waals surface area contributed by atoms with Gasteiger partial charge < -0.3 is 19.3 Å². The molecule has 0 unspecified atom stereocenters. The van der Waals surface area contributed by atoms with Crippen LogP contribution in [0, 0.1) is 5.92 Å². The predicted octanol–water partition coefficient (Wildman–Crippen LogP) is 5.94. The Morgan fingerprint density at radius 2 is 1.74 bits per heavy atom. The summed E-state index contributed by atoms with van der Waals surface area (Å²) in [4.78, 5) is 32.2. The number of hydrogen-bond donors (Lipinski definition) is 0. The van der Waals surface area contributed by atoms with Crippen molar-refractivity contribution >= 4 is 23.2 Å². The fourth-order valence-electron chi connectivity index (χ4n) is 5.00. The minimum atomic E-state index is -0.180. The number of hydrogen-bond acceptors (Lipinski definition) is 5. The van der Waals surface area contributed by atoms with Gasteiger partial charge in [-0.05, 0) is 90.1 Å². The second-order valence-electron chi connectivity index (χ2n) is 10.5. The van der Waals surface area contributed by atoms with Crippen molar-refractivity contribution in [3.63, 3.8) is 0 Å². The fraction of sp³-hybridized carbons (Fsp3) is 0.419. The van der Waals surface area contributed by atoms with E-state index in [1.54, 1.807) is 47.6 Å². The Hall–Kier alpha value is -3.32. The summed E-state index contributed by atoms with van der Waals surface area (Å²) in [6, 6.07) is 17.2. The number of nitrogens with zero attached hydrogens (tertiary/aromatic N) is 2. The summed E-state index contributed by atoms with van der Waals surface area (Å²) in [5.41, 5.74) is 3.00. The molecule has 1 aliphatic carbocycles. The van der Waals surface area contributed by atoms with Crippen LogP contribution in [0.3, 0.4) is 0 Å². The van der Waals surface area contributed by atoms with Crippen molar-refractivity contribution < 1.29 is 19.1 Å². The van der Waals surface area contributed by atoms with Crippen molar-refractivity contribution in [2.45, 2.75) is 45.1 Å². The molecule has 1 fully saturated rings. The lowest BCUT2D eigenvalue weighted by atomic mass is 10.00. The molecule has 0 N–H and O–H groups in total. The van der Waals surface area contributed by atoms with Gasteiger partial charge in [0.05, 0.1) is 13.2 Å². The molecule has 0 spiro atoms. The first-order valence-corrected chi connectivity index (χ1v) is 14.3. The fourth-order valence-corrected chi connectivity index (χ4v) is 5.93. The molecule has 2 aromatic carbocycles. The van der Waals surface area contributed by atoms with Gasteiger partial charge in [0.25, 0.3) is 5.91 Å². The maximum absolute atomic E-state index is 13.8. The van der Waals surface area contributed by atoms with Crippen LogP contribution in [-0.4, -0.2) is 55.0 Å². The van der Waals surface area contributed by atoms with E-state index in [9.17, 15) is 9.59 Å². The SMILES string of the molecule is COc1ccc(C(=O)N(CC(=O)N2CCc3sccc3[C@H]2COc2ccc(C(C)C)cc2)CC2CC2)cc1. The highest BCUT2D eigenvalue weighted by Crippen LogP contribution is 2.35. The van der Waals surface area contributed by atoms with Crippen LogP contribution in [0.4, 0.5) is 0 Å². The number of fused-ring (bicyclic) bond motifs is 1. The largest absolute Gasteiger partial charge is 0.497 e. The monoisotopic (exact) mass is 532 g/mol. The van der Waals surface area contributed by atoms with Gasteiger partial charge in [0.2, 0.25) is 5.91 Å². The summed E-state index contributed by atoms with van der Waals surface area (Å²) in [5.74, 6) is 2.29. The number of carbonyl (C=O) groups excluding carboxylic acids is 2. The third-order valence-electron chi connectivity index (χ3n) is 7.50. The number of benzene rings is 2. The minimum Gasteiger partial charge on any atom is -0.497 e. The van der Waals surface area contributed by atoms with Crippen LogP contribution in [0.2, 0.25) is 0 Å². The third-order valence-corrected chi connectivity index (χ3v) is 8.49. The van der Waals surface area contributed by atoms with E-state index in [-0.39, 0.29) is 24.4 Å². The van der Waals surface area contributed by atoms with Crippen molar-refractivity contribution in [1.29, 1.82) is 0 Å². The van der Waals surface area contributed by atoms with Gasteiger partial charge in [-0.15, -0.1) is 11.3 Å². The van der Waals surface area contributed by atoms with Crippen LogP contribution in [-0.2, 0) is 11.2 Å². The minimum absolute atomic E-state index is 0.0342. The molecule has 1 aromatic heterocycles. The summed E-state index contributed by atoms with van der Waals surface area (Å²) in [6.07, 6.45) is 3.04. The van der Waals surface area contributed by atoms with Crippen LogP contribution in [0.5, 0.6) is 11.5 Å². The van der Waals surface area contributed by atoms with Crippen molar-refractivity contribution in [2.24, 2.45) is 5.92 Å². The molecule has 2 amide bonds. The van der Waals surface area contributed by atoms with Crippen molar-refractivity contribution in [2.75, 3.05) is 33.4 Å². The van der Waals surface area contributed by atoms with Gasteiger partial charge in [-0.3, -0.25) is 9.59 Å². The Balaban J connectivity index is 1.31. The predicted molar refractivity (Wildman–Crippen MR) is 150 cm³/mol. The molecule has 1 aliphatic heterocycles. The molecule has 1 atom stereocenters.